The molecule has 90 valence electrons. The molecule has 3 atom stereocenters. The Morgan fingerprint density at radius 1 is 1.20 bits per heavy atom. The summed E-state index contributed by atoms with van der Waals surface area (Å²) in [7, 11) is 0. The summed E-state index contributed by atoms with van der Waals surface area (Å²) in [6.45, 7) is 6.90. The third-order valence-electron chi connectivity index (χ3n) is 3.51. The zero-order valence-corrected chi connectivity index (χ0v) is 10.0. The van der Waals surface area contributed by atoms with E-state index in [1.54, 1.807) is 0 Å². The van der Waals surface area contributed by atoms with Crippen LogP contribution in [0.15, 0.2) is 0 Å². The molecule has 3 nitrogen and oxygen atoms in total. The molecule has 1 aliphatic carbocycles. The number of nitrogens with one attached hydrogen (secondary N) is 1. The average molecular weight is 215 g/mol. The number of ether oxygens (including phenoxy) is 1. The summed E-state index contributed by atoms with van der Waals surface area (Å²) in [5.41, 5.74) is 0. The number of aliphatic hydroxyl groups is 1. The number of hydrogen-bond donors (Lipinski definition) is 2. The van der Waals surface area contributed by atoms with Crippen LogP contribution in [0.2, 0.25) is 0 Å². The van der Waals surface area contributed by atoms with Crippen LogP contribution in [0, 0.1) is 11.8 Å². The van der Waals surface area contributed by atoms with Gasteiger partial charge in [-0.3, -0.25) is 0 Å². The predicted molar refractivity (Wildman–Crippen MR) is 61.9 cm³/mol. The van der Waals surface area contributed by atoms with Gasteiger partial charge < -0.3 is 15.2 Å². The van der Waals surface area contributed by atoms with Crippen molar-refractivity contribution in [2.45, 2.75) is 39.2 Å². The Balaban J connectivity index is 2.02. The lowest BCUT2D eigenvalue weighted by Crippen LogP contribution is -2.37. The van der Waals surface area contributed by atoms with Crippen molar-refractivity contribution in [3.8, 4) is 0 Å². The normalized spacial score (nSPS) is 31.8. The summed E-state index contributed by atoms with van der Waals surface area (Å²) in [6, 6.07) is 0.675. The van der Waals surface area contributed by atoms with Crippen LogP contribution in [0.25, 0.3) is 0 Å². The lowest BCUT2D eigenvalue weighted by atomic mass is 9.79. The molecule has 0 spiro atoms. The van der Waals surface area contributed by atoms with E-state index in [0.29, 0.717) is 19.3 Å². The van der Waals surface area contributed by atoms with Crippen molar-refractivity contribution in [3.05, 3.63) is 0 Å². The van der Waals surface area contributed by atoms with E-state index in [1.807, 2.05) is 0 Å². The quantitative estimate of drug-likeness (QED) is 0.658. The minimum absolute atomic E-state index is 0.123. The molecule has 2 N–H and O–H groups in total. The maximum Gasteiger partial charge on any atom is 0.0698 e. The third kappa shape index (κ3) is 4.96. The van der Waals surface area contributed by atoms with Crippen molar-refractivity contribution in [3.63, 3.8) is 0 Å². The van der Waals surface area contributed by atoms with E-state index in [9.17, 15) is 0 Å². The Kier molecular flexibility index (Phi) is 6.22. The Bertz CT molecular complexity index is 164. The highest BCUT2D eigenvalue weighted by atomic mass is 16.5. The molecular weight excluding hydrogens is 190 g/mol. The zero-order chi connectivity index (χ0) is 11.1. The van der Waals surface area contributed by atoms with Gasteiger partial charge in [-0.1, -0.05) is 13.8 Å². The van der Waals surface area contributed by atoms with Crippen molar-refractivity contribution in [1.29, 1.82) is 0 Å². The van der Waals surface area contributed by atoms with E-state index in [2.05, 4.69) is 19.2 Å². The molecule has 0 aromatic carbocycles. The van der Waals surface area contributed by atoms with Gasteiger partial charge in [0.2, 0.25) is 0 Å². The molecule has 1 fully saturated rings. The summed E-state index contributed by atoms with van der Waals surface area (Å²) in [5, 5.41) is 12.1. The summed E-state index contributed by atoms with van der Waals surface area (Å²) in [4.78, 5) is 0. The standard InChI is InChI=1S/C12H25NO2/c1-10-3-4-12(9-11(10)2)13-5-7-15-8-6-14/h10-14H,3-9H2,1-2H3/t10-,11-,12+/m1/s1. The molecule has 0 amide bonds. The van der Waals surface area contributed by atoms with E-state index in [0.717, 1.165) is 18.4 Å². The summed E-state index contributed by atoms with van der Waals surface area (Å²) in [6.07, 6.45) is 3.93. The molecule has 0 saturated heterocycles. The first kappa shape index (κ1) is 12.9. The SMILES string of the molecule is C[C@@H]1CC[C@H](NCCOCCO)C[C@H]1C. The minimum Gasteiger partial charge on any atom is -0.394 e. The first-order valence-corrected chi connectivity index (χ1v) is 6.16. The molecule has 0 unspecified atom stereocenters. The second-order valence-electron chi connectivity index (χ2n) is 4.75. The molecule has 15 heavy (non-hydrogen) atoms. The van der Waals surface area contributed by atoms with E-state index in [1.165, 1.54) is 19.3 Å². The molecule has 1 aliphatic rings. The monoisotopic (exact) mass is 215 g/mol. The smallest absolute Gasteiger partial charge is 0.0698 e. The molecule has 0 heterocycles. The predicted octanol–water partition coefficient (Wildman–Crippen LogP) is 1.41. The van der Waals surface area contributed by atoms with Crippen molar-refractivity contribution < 1.29 is 9.84 Å². The van der Waals surface area contributed by atoms with Crippen LogP contribution in [0.4, 0.5) is 0 Å². The molecule has 0 aromatic rings. The minimum atomic E-state index is 0.123. The van der Waals surface area contributed by atoms with E-state index in [-0.39, 0.29) is 6.61 Å². The van der Waals surface area contributed by atoms with Crippen molar-refractivity contribution in [2.75, 3.05) is 26.4 Å². The van der Waals surface area contributed by atoms with Gasteiger partial charge in [-0.2, -0.15) is 0 Å². The van der Waals surface area contributed by atoms with Gasteiger partial charge >= 0.3 is 0 Å². The van der Waals surface area contributed by atoms with E-state index in [4.69, 9.17) is 9.84 Å². The fourth-order valence-electron chi connectivity index (χ4n) is 2.23. The summed E-state index contributed by atoms with van der Waals surface area (Å²) < 4.78 is 5.21. The molecule has 1 saturated carbocycles. The molecule has 1 rings (SSSR count). The van der Waals surface area contributed by atoms with E-state index >= 15 is 0 Å². The van der Waals surface area contributed by atoms with E-state index < -0.39 is 0 Å². The summed E-state index contributed by atoms with van der Waals surface area (Å²) in [5.74, 6) is 1.73. The second kappa shape index (κ2) is 7.20. The van der Waals surface area contributed by atoms with Crippen molar-refractivity contribution in [1.82, 2.24) is 5.32 Å². The first-order valence-electron chi connectivity index (χ1n) is 6.16. The molecule has 0 bridgehead atoms. The molecule has 3 heteroatoms. The van der Waals surface area contributed by atoms with Crippen LogP contribution < -0.4 is 5.32 Å². The molecule has 0 aliphatic heterocycles. The topological polar surface area (TPSA) is 41.5 Å². The van der Waals surface area contributed by atoms with Gasteiger partial charge in [-0.05, 0) is 31.1 Å². The van der Waals surface area contributed by atoms with Gasteiger partial charge in [-0.25, -0.2) is 0 Å². The zero-order valence-electron chi connectivity index (χ0n) is 10.0. The fraction of sp³-hybridized carbons (Fsp3) is 1.00. The lowest BCUT2D eigenvalue weighted by molar-refractivity contribution is 0.0903. The maximum atomic E-state index is 8.53. The number of rotatable bonds is 6. The highest BCUT2D eigenvalue weighted by Crippen LogP contribution is 2.29. The van der Waals surface area contributed by atoms with Crippen LogP contribution in [0.3, 0.4) is 0 Å². The Morgan fingerprint density at radius 2 is 2.00 bits per heavy atom. The Hall–Kier alpha value is -0.120. The van der Waals surface area contributed by atoms with Crippen LogP contribution in [-0.4, -0.2) is 37.5 Å². The third-order valence-corrected chi connectivity index (χ3v) is 3.51. The highest BCUT2D eigenvalue weighted by molar-refractivity contribution is 4.79. The fourth-order valence-corrected chi connectivity index (χ4v) is 2.23. The average Bonchev–Trinajstić information content (AvgIpc) is 2.23. The highest BCUT2D eigenvalue weighted by Gasteiger charge is 2.23. The van der Waals surface area contributed by atoms with Crippen LogP contribution in [0.5, 0.6) is 0 Å². The number of aliphatic hydroxyl groups excluding tert-OH is 1. The molecule has 0 radical (unpaired) electrons. The Labute approximate surface area is 93.2 Å². The van der Waals surface area contributed by atoms with Crippen LogP contribution in [0.1, 0.15) is 33.1 Å². The summed E-state index contributed by atoms with van der Waals surface area (Å²) >= 11 is 0. The second-order valence-corrected chi connectivity index (χ2v) is 4.75. The molecular formula is C12H25NO2. The van der Waals surface area contributed by atoms with Gasteiger partial charge in [0.15, 0.2) is 0 Å². The van der Waals surface area contributed by atoms with Gasteiger partial charge in [0, 0.05) is 12.6 Å². The van der Waals surface area contributed by atoms with Gasteiger partial charge in [0.05, 0.1) is 19.8 Å². The van der Waals surface area contributed by atoms with Crippen molar-refractivity contribution in [2.24, 2.45) is 11.8 Å². The Morgan fingerprint density at radius 3 is 2.67 bits per heavy atom. The van der Waals surface area contributed by atoms with Gasteiger partial charge in [0.1, 0.15) is 0 Å². The maximum absolute atomic E-state index is 8.53. The van der Waals surface area contributed by atoms with Gasteiger partial charge in [-0.15, -0.1) is 0 Å². The van der Waals surface area contributed by atoms with Crippen LogP contribution in [-0.2, 0) is 4.74 Å². The molecule has 0 aromatic heterocycles. The van der Waals surface area contributed by atoms with Gasteiger partial charge in [0.25, 0.3) is 0 Å². The lowest BCUT2D eigenvalue weighted by Gasteiger charge is -2.32. The largest absolute Gasteiger partial charge is 0.394 e. The van der Waals surface area contributed by atoms with Crippen LogP contribution >= 0.6 is 0 Å². The first-order chi connectivity index (χ1) is 7.24. The van der Waals surface area contributed by atoms with Crippen molar-refractivity contribution >= 4 is 0 Å². The number of hydrogen-bond acceptors (Lipinski definition) is 3.